The first-order valence-electron chi connectivity index (χ1n) is 6.95. The molecule has 4 heteroatoms. The van der Waals surface area contributed by atoms with E-state index in [0.717, 1.165) is 6.54 Å². The molecule has 18 heavy (non-hydrogen) atoms. The van der Waals surface area contributed by atoms with E-state index in [1.807, 2.05) is 10.9 Å². The van der Waals surface area contributed by atoms with Crippen LogP contribution >= 0.6 is 0 Å². The lowest BCUT2D eigenvalue weighted by atomic mass is 9.95. The summed E-state index contributed by atoms with van der Waals surface area (Å²) < 4.78 is 7.88. The Morgan fingerprint density at radius 1 is 1.44 bits per heavy atom. The Hall–Kier alpha value is -0.870. The maximum absolute atomic E-state index is 5.85. The highest BCUT2D eigenvalue weighted by atomic mass is 16.5. The molecular formula is C14H23N3O. The lowest BCUT2D eigenvalue weighted by Gasteiger charge is -2.20. The van der Waals surface area contributed by atoms with Crippen molar-refractivity contribution in [2.75, 3.05) is 0 Å². The van der Waals surface area contributed by atoms with E-state index in [2.05, 4.69) is 37.4 Å². The van der Waals surface area contributed by atoms with Gasteiger partial charge in [0.05, 0.1) is 23.9 Å². The van der Waals surface area contributed by atoms with Gasteiger partial charge in [-0.15, -0.1) is 0 Å². The fraction of sp³-hybridized carbons (Fsp3) is 0.786. The molecule has 1 aromatic heterocycles. The number of fused-ring (bicyclic) bond motifs is 2. The first-order chi connectivity index (χ1) is 8.52. The standard InChI is InChI=1S/C14H23N3O/c1-14(2,3)17-9-10(8-16-17)7-15-12-6-11-4-5-13(12)18-11/h8-9,11-13,15H,4-7H2,1-3H3. The third-order valence-corrected chi connectivity index (χ3v) is 4.00. The number of nitrogens with zero attached hydrogens (tertiary/aromatic N) is 2. The zero-order valence-corrected chi connectivity index (χ0v) is 11.5. The van der Waals surface area contributed by atoms with E-state index in [4.69, 9.17) is 4.74 Å². The van der Waals surface area contributed by atoms with Crippen molar-refractivity contribution in [3.05, 3.63) is 18.0 Å². The first kappa shape index (κ1) is 12.2. The number of rotatable bonds is 3. The quantitative estimate of drug-likeness (QED) is 0.891. The average Bonchev–Trinajstić information content (AvgIpc) is 3.01. The van der Waals surface area contributed by atoms with Crippen LogP contribution in [0.4, 0.5) is 0 Å². The second-order valence-electron chi connectivity index (χ2n) is 6.56. The molecule has 0 aliphatic carbocycles. The number of hydrogen-bond donors (Lipinski definition) is 1. The fourth-order valence-electron chi connectivity index (χ4n) is 2.92. The zero-order valence-electron chi connectivity index (χ0n) is 11.5. The van der Waals surface area contributed by atoms with E-state index < -0.39 is 0 Å². The monoisotopic (exact) mass is 249 g/mol. The van der Waals surface area contributed by atoms with Gasteiger partial charge in [-0.1, -0.05) is 0 Å². The van der Waals surface area contributed by atoms with Gasteiger partial charge in [0.15, 0.2) is 0 Å². The summed E-state index contributed by atoms with van der Waals surface area (Å²) in [4.78, 5) is 0. The molecule has 0 amide bonds. The van der Waals surface area contributed by atoms with Crippen LogP contribution in [0.25, 0.3) is 0 Å². The van der Waals surface area contributed by atoms with E-state index in [1.165, 1.54) is 24.8 Å². The summed E-state index contributed by atoms with van der Waals surface area (Å²) in [7, 11) is 0. The molecule has 2 saturated heterocycles. The van der Waals surface area contributed by atoms with Crippen LogP contribution in [0.5, 0.6) is 0 Å². The average molecular weight is 249 g/mol. The molecule has 4 nitrogen and oxygen atoms in total. The fourth-order valence-corrected chi connectivity index (χ4v) is 2.92. The van der Waals surface area contributed by atoms with Gasteiger partial charge >= 0.3 is 0 Å². The summed E-state index contributed by atoms with van der Waals surface area (Å²) in [5.74, 6) is 0. The van der Waals surface area contributed by atoms with Crippen LogP contribution < -0.4 is 5.32 Å². The van der Waals surface area contributed by atoms with Crippen molar-refractivity contribution in [3.63, 3.8) is 0 Å². The highest BCUT2D eigenvalue weighted by Crippen LogP contribution is 2.34. The van der Waals surface area contributed by atoms with Gasteiger partial charge in [-0.25, -0.2) is 0 Å². The Kier molecular flexibility index (Phi) is 2.94. The highest BCUT2D eigenvalue weighted by molar-refractivity contribution is 5.06. The zero-order chi connectivity index (χ0) is 12.8. The van der Waals surface area contributed by atoms with Gasteiger partial charge in [-0.3, -0.25) is 4.68 Å². The van der Waals surface area contributed by atoms with Crippen molar-refractivity contribution in [3.8, 4) is 0 Å². The molecule has 2 aliphatic rings. The molecule has 0 radical (unpaired) electrons. The van der Waals surface area contributed by atoms with Crippen LogP contribution in [0.15, 0.2) is 12.4 Å². The minimum absolute atomic E-state index is 0.0633. The van der Waals surface area contributed by atoms with E-state index in [0.29, 0.717) is 18.2 Å². The second kappa shape index (κ2) is 4.35. The maximum Gasteiger partial charge on any atom is 0.0733 e. The summed E-state index contributed by atoms with van der Waals surface area (Å²) in [5, 5.41) is 8.04. The minimum atomic E-state index is 0.0633. The number of aromatic nitrogens is 2. The van der Waals surface area contributed by atoms with Crippen LogP contribution in [0.1, 0.15) is 45.6 Å². The Bertz CT molecular complexity index is 421. The van der Waals surface area contributed by atoms with E-state index in [1.54, 1.807) is 0 Å². The van der Waals surface area contributed by atoms with E-state index in [-0.39, 0.29) is 5.54 Å². The van der Waals surface area contributed by atoms with E-state index in [9.17, 15) is 0 Å². The molecule has 0 saturated carbocycles. The molecule has 0 spiro atoms. The van der Waals surface area contributed by atoms with Crippen molar-refractivity contribution in [1.82, 2.24) is 15.1 Å². The smallest absolute Gasteiger partial charge is 0.0733 e. The molecule has 2 aliphatic heterocycles. The molecule has 100 valence electrons. The number of ether oxygens (including phenoxy) is 1. The Labute approximate surface area is 109 Å². The third kappa shape index (κ3) is 2.31. The molecule has 1 N–H and O–H groups in total. The van der Waals surface area contributed by atoms with Crippen LogP contribution in [0, 0.1) is 0 Å². The number of nitrogens with one attached hydrogen (secondary N) is 1. The Morgan fingerprint density at radius 3 is 2.83 bits per heavy atom. The minimum Gasteiger partial charge on any atom is -0.373 e. The lowest BCUT2D eigenvalue weighted by molar-refractivity contribution is 0.0973. The molecular weight excluding hydrogens is 226 g/mol. The summed E-state index contributed by atoms with van der Waals surface area (Å²) >= 11 is 0. The normalized spacial score (nSPS) is 31.2. The molecule has 3 unspecified atom stereocenters. The van der Waals surface area contributed by atoms with Crippen LogP contribution in [-0.4, -0.2) is 28.0 Å². The van der Waals surface area contributed by atoms with Crippen molar-refractivity contribution in [2.24, 2.45) is 0 Å². The van der Waals surface area contributed by atoms with Crippen LogP contribution in [0.2, 0.25) is 0 Å². The predicted molar refractivity (Wildman–Crippen MR) is 70.4 cm³/mol. The van der Waals surface area contributed by atoms with Gasteiger partial charge in [0, 0.05) is 24.3 Å². The number of hydrogen-bond acceptors (Lipinski definition) is 3. The maximum atomic E-state index is 5.85. The molecule has 3 rings (SSSR count). The summed E-state index contributed by atoms with van der Waals surface area (Å²) in [5.41, 5.74) is 1.32. The summed E-state index contributed by atoms with van der Waals surface area (Å²) in [6.45, 7) is 7.40. The molecule has 2 bridgehead atoms. The molecule has 1 aromatic rings. The van der Waals surface area contributed by atoms with Gasteiger partial charge in [0.2, 0.25) is 0 Å². The molecule has 0 aromatic carbocycles. The van der Waals surface area contributed by atoms with Crippen molar-refractivity contribution in [2.45, 2.75) is 70.4 Å². The lowest BCUT2D eigenvalue weighted by Crippen LogP contribution is -2.36. The largest absolute Gasteiger partial charge is 0.373 e. The molecule has 3 heterocycles. The predicted octanol–water partition coefficient (Wildman–Crippen LogP) is 2.05. The molecule has 2 fully saturated rings. The second-order valence-corrected chi connectivity index (χ2v) is 6.56. The Morgan fingerprint density at radius 2 is 2.28 bits per heavy atom. The summed E-state index contributed by atoms with van der Waals surface area (Å²) in [6, 6.07) is 0.543. The first-order valence-corrected chi connectivity index (χ1v) is 6.95. The third-order valence-electron chi connectivity index (χ3n) is 4.00. The van der Waals surface area contributed by atoms with Crippen LogP contribution in [0.3, 0.4) is 0 Å². The van der Waals surface area contributed by atoms with Crippen molar-refractivity contribution < 1.29 is 4.74 Å². The van der Waals surface area contributed by atoms with Crippen molar-refractivity contribution >= 4 is 0 Å². The van der Waals surface area contributed by atoms with Crippen molar-refractivity contribution in [1.29, 1.82) is 0 Å². The van der Waals surface area contributed by atoms with E-state index >= 15 is 0 Å². The topological polar surface area (TPSA) is 39.1 Å². The van der Waals surface area contributed by atoms with Gasteiger partial charge in [-0.05, 0) is 40.0 Å². The van der Waals surface area contributed by atoms with Gasteiger partial charge in [-0.2, -0.15) is 5.10 Å². The van der Waals surface area contributed by atoms with Gasteiger partial charge in [0.1, 0.15) is 0 Å². The Balaban J connectivity index is 1.56. The van der Waals surface area contributed by atoms with Gasteiger partial charge in [0.25, 0.3) is 0 Å². The molecule has 3 atom stereocenters. The highest BCUT2D eigenvalue weighted by Gasteiger charge is 2.40. The van der Waals surface area contributed by atoms with Gasteiger partial charge < -0.3 is 10.1 Å². The SMILES string of the molecule is CC(C)(C)n1cc(CNC2CC3CCC2O3)cn1. The van der Waals surface area contributed by atoms with Crippen LogP contribution in [-0.2, 0) is 16.8 Å². The summed E-state index contributed by atoms with van der Waals surface area (Å²) in [6.07, 6.45) is 8.73.